The highest BCUT2D eigenvalue weighted by atomic mass is 19.4. The van der Waals surface area contributed by atoms with E-state index >= 15 is 0 Å². The van der Waals surface area contributed by atoms with E-state index in [0.717, 1.165) is 5.56 Å². The van der Waals surface area contributed by atoms with Gasteiger partial charge in [0.2, 0.25) is 0 Å². The molecule has 2 aromatic rings. The monoisotopic (exact) mass is 421 g/mol. The molecule has 0 spiro atoms. The molecule has 1 N–H and O–H groups in total. The first-order chi connectivity index (χ1) is 13.6. The Hall–Kier alpha value is -2.10. The van der Waals surface area contributed by atoms with Crippen LogP contribution in [0.3, 0.4) is 0 Å². The van der Waals surface area contributed by atoms with E-state index in [1.807, 2.05) is 30.3 Å². The molecule has 2 aromatic carbocycles. The van der Waals surface area contributed by atoms with Gasteiger partial charge in [0.25, 0.3) is 0 Å². The molecule has 2 rings (SSSR count). The summed E-state index contributed by atoms with van der Waals surface area (Å²) in [5.41, 5.74) is -2.04. The van der Waals surface area contributed by atoms with Crippen molar-refractivity contribution in [2.45, 2.75) is 25.0 Å². The highest BCUT2D eigenvalue weighted by molar-refractivity contribution is 5.33. The summed E-state index contributed by atoms with van der Waals surface area (Å²) < 4.78 is 88.1. The van der Waals surface area contributed by atoms with Crippen molar-refractivity contribution in [1.29, 1.82) is 0 Å². The third-order valence-electron chi connectivity index (χ3n) is 4.10. The first-order valence-corrected chi connectivity index (χ1v) is 8.74. The van der Waals surface area contributed by atoms with Crippen LogP contribution in [0.5, 0.6) is 0 Å². The average Bonchev–Trinajstić information content (AvgIpc) is 2.66. The van der Waals surface area contributed by atoms with Crippen molar-refractivity contribution in [3.8, 4) is 0 Å². The van der Waals surface area contributed by atoms with Gasteiger partial charge in [0.15, 0.2) is 0 Å². The lowest BCUT2D eigenvalue weighted by atomic mass is 10.0. The fraction of sp³-hybridized carbons (Fsp3) is 0.400. The molecule has 0 heterocycles. The molecule has 0 amide bonds. The summed E-state index contributed by atoms with van der Waals surface area (Å²) in [6.45, 7) is 0.612. The molecule has 3 nitrogen and oxygen atoms in total. The quantitative estimate of drug-likeness (QED) is 0.445. The minimum atomic E-state index is -4.88. The van der Waals surface area contributed by atoms with Crippen LogP contribution in [0.4, 0.5) is 26.3 Å². The minimum absolute atomic E-state index is 0.0608. The van der Waals surface area contributed by atoms with Gasteiger partial charge >= 0.3 is 12.4 Å². The van der Waals surface area contributed by atoms with Gasteiger partial charge in [-0.15, -0.1) is 0 Å². The number of methoxy groups -OCH3 is 1. The lowest BCUT2D eigenvalue weighted by Crippen LogP contribution is -2.28. The van der Waals surface area contributed by atoms with Crippen LogP contribution in [0.25, 0.3) is 0 Å². The Kier molecular flexibility index (Phi) is 8.06. The zero-order valence-corrected chi connectivity index (χ0v) is 15.6. The maximum absolute atomic E-state index is 13.0. The van der Waals surface area contributed by atoms with Crippen molar-refractivity contribution in [1.82, 2.24) is 5.32 Å². The SMILES string of the molecule is COCCN[C@H](COCc1cc(C(F)(F)F)cc(C(F)(F)F)c1)c1ccccc1. The van der Waals surface area contributed by atoms with Crippen molar-refractivity contribution in [3.05, 3.63) is 70.8 Å². The van der Waals surface area contributed by atoms with E-state index in [0.29, 0.717) is 25.3 Å². The number of alkyl halides is 6. The number of halogens is 6. The lowest BCUT2D eigenvalue weighted by Gasteiger charge is -2.20. The van der Waals surface area contributed by atoms with E-state index in [2.05, 4.69) is 5.32 Å². The molecule has 0 saturated carbocycles. The molecule has 160 valence electrons. The highest BCUT2D eigenvalue weighted by Crippen LogP contribution is 2.36. The molecule has 0 aromatic heterocycles. The Morgan fingerprint density at radius 2 is 1.48 bits per heavy atom. The largest absolute Gasteiger partial charge is 0.416 e. The molecule has 0 radical (unpaired) electrons. The fourth-order valence-corrected chi connectivity index (χ4v) is 2.69. The van der Waals surface area contributed by atoms with Gasteiger partial charge in [0.05, 0.1) is 37.0 Å². The maximum atomic E-state index is 13.0. The van der Waals surface area contributed by atoms with Gasteiger partial charge in [0, 0.05) is 13.7 Å². The molecule has 1 atom stereocenters. The number of rotatable bonds is 9. The second kappa shape index (κ2) is 10.1. The number of benzene rings is 2. The predicted octanol–water partition coefficient (Wildman–Crippen LogP) is 5.22. The third-order valence-corrected chi connectivity index (χ3v) is 4.10. The van der Waals surface area contributed by atoms with Crippen LogP contribution < -0.4 is 5.32 Å². The van der Waals surface area contributed by atoms with E-state index in [1.165, 1.54) is 0 Å². The molecule has 9 heteroatoms. The molecule has 0 unspecified atom stereocenters. The average molecular weight is 421 g/mol. The van der Waals surface area contributed by atoms with Gasteiger partial charge in [-0.05, 0) is 29.3 Å². The molecule has 0 aliphatic heterocycles. The van der Waals surface area contributed by atoms with Crippen molar-refractivity contribution >= 4 is 0 Å². The standard InChI is InChI=1S/C20H21F6NO2/c1-28-8-7-27-18(15-5-3-2-4-6-15)13-29-12-14-9-16(19(21,22)23)11-17(10-14)20(24,25)26/h2-6,9-11,18,27H,7-8,12-13H2,1H3/t18-/m1/s1. The van der Waals surface area contributed by atoms with Gasteiger partial charge < -0.3 is 14.8 Å². The van der Waals surface area contributed by atoms with Crippen LogP contribution in [0.2, 0.25) is 0 Å². The lowest BCUT2D eigenvalue weighted by molar-refractivity contribution is -0.143. The van der Waals surface area contributed by atoms with Gasteiger partial charge in [-0.25, -0.2) is 0 Å². The Labute approximate surface area is 164 Å². The number of hydrogen-bond donors (Lipinski definition) is 1. The summed E-state index contributed by atoms with van der Waals surface area (Å²) in [7, 11) is 1.54. The smallest absolute Gasteiger partial charge is 0.383 e. The molecule has 0 aliphatic rings. The van der Waals surface area contributed by atoms with Gasteiger partial charge in [-0.1, -0.05) is 30.3 Å². The Bertz CT molecular complexity index is 730. The highest BCUT2D eigenvalue weighted by Gasteiger charge is 2.36. The summed E-state index contributed by atoms with van der Waals surface area (Å²) in [5.74, 6) is 0. The first kappa shape index (κ1) is 23.2. The minimum Gasteiger partial charge on any atom is -0.383 e. The molecular weight excluding hydrogens is 400 g/mol. The molecule has 0 aliphatic carbocycles. The summed E-state index contributed by atoms with van der Waals surface area (Å²) in [4.78, 5) is 0. The molecule has 0 fully saturated rings. The van der Waals surface area contributed by atoms with Crippen LogP contribution in [-0.2, 0) is 28.4 Å². The molecular formula is C20H21F6NO2. The van der Waals surface area contributed by atoms with Gasteiger partial charge in [0.1, 0.15) is 0 Å². The number of nitrogens with one attached hydrogen (secondary N) is 1. The van der Waals surface area contributed by atoms with Crippen molar-refractivity contribution < 1.29 is 35.8 Å². The van der Waals surface area contributed by atoms with Crippen LogP contribution in [0.1, 0.15) is 28.3 Å². The van der Waals surface area contributed by atoms with Crippen molar-refractivity contribution in [2.24, 2.45) is 0 Å². The fourth-order valence-electron chi connectivity index (χ4n) is 2.69. The van der Waals surface area contributed by atoms with Gasteiger partial charge in [-0.2, -0.15) is 26.3 Å². The summed E-state index contributed by atoms with van der Waals surface area (Å²) in [6.07, 6.45) is -9.77. The third kappa shape index (κ3) is 7.34. The predicted molar refractivity (Wildman–Crippen MR) is 95.2 cm³/mol. The first-order valence-electron chi connectivity index (χ1n) is 8.74. The van der Waals surface area contributed by atoms with Gasteiger partial charge in [-0.3, -0.25) is 0 Å². The number of hydrogen-bond acceptors (Lipinski definition) is 3. The van der Waals surface area contributed by atoms with E-state index in [1.54, 1.807) is 7.11 Å². The number of ether oxygens (including phenoxy) is 2. The second-order valence-corrected chi connectivity index (χ2v) is 6.34. The molecule has 29 heavy (non-hydrogen) atoms. The normalized spacial score (nSPS) is 13.5. The van der Waals surface area contributed by atoms with Crippen LogP contribution >= 0.6 is 0 Å². The zero-order chi connectivity index (χ0) is 21.5. The molecule has 0 saturated heterocycles. The van der Waals surface area contributed by atoms with Crippen LogP contribution in [-0.4, -0.2) is 26.9 Å². The van der Waals surface area contributed by atoms with E-state index < -0.39 is 23.5 Å². The Morgan fingerprint density at radius 3 is 2.00 bits per heavy atom. The maximum Gasteiger partial charge on any atom is 0.416 e. The van der Waals surface area contributed by atoms with Crippen LogP contribution in [0, 0.1) is 0 Å². The Balaban J connectivity index is 2.12. The Morgan fingerprint density at radius 1 is 0.897 bits per heavy atom. The van der Waals surface area contributed by atoms with E-state index in [4.69, 9.17) is 9.47 Å². The zero-order valence-electron chi connectivity index (χ0n) is 15.6. The summed E-state index contributed by atoms with van der Waals surface area (Å²) in [5, 5.41) is 3.18. The van der Waals surface area contributed by atoms with Crippen molar-refractivity contribution in [2.75, 3.05) is 26.9 Å². The molecule has 0 bridgehead atoms. The van der Waals surface area contributed by atoms with E-state index in [-0.39, 0.29) is 30.9 Å². The van der Waals surface area contributed by atoms with Crippen LogP contribution in [0.15, 0.2) is 48.5 Å². The topological polar surface area (TPSA) is 30.5 Å². The van der Waals surface area contributed by atoms with Crippen molar-refractivity contribution in [3.63, 3.8) is 0 Å². The second-order valence-electron chi connectivity index (χ2n) is 6.34. The summed E-state index contributed by atoms with van der Waals surface area (Å²) in [6, 6.07) is 10.3. The summed E-state index contributed by atoms with van der Waals surface area (Å²) >= 11 is 0. The van der Waals surface area contributed by atoms with E-state index in [9.17, 15) is 26.3 Å².